The fourth-order valence-electron chi connectivity index (χ4n) is 2.03. The third-order valence-electron chi connectivity index (χ3n) is 3.10. The number of carboxylic acid groups (broad SMARTS) is 1. The summed E-state index contributed by atoms with van der Waals surface area (Å²) in [7, 11) is 0. The van der Waals surface area contributed by atoms with Crippen LogP contribution in [0, 0.1) is 5.92 Å². The van der Waals surface area contributed by atoms with Crippen molar-refractivity contribution in [1.29, 1.82) is 0 Å². The zero-order valence-corrected chi connectivity index (χ0v) is 11.2. The summed E-state index contributed by atoms with van der Waals surface area (Å²) in [6.45, 7) is 0.222. The highest BCUT2D eigenvalue weighted by Crippen LogP contribution is 2.23. The van der Waals surface area contributed by atoms with Crippen LogP contribution in [0.15, 0.2) is 24.3 Å². The molecule has 1 fully saturated rings. The second-order valence-electron chi connectivity index (χ2n) is 4.51. The molecule has 2 amide bonds. The first-order valence-corrected chi connectivity index (χ1v) is 6.41. The number of hydrogen-bond acceptors (Lipinski definition) is 3. The van der Waals surface area contributed by atoms with Gasteiger partial charge in [-0.15, -0.1) is 0 Å². The maximum absolute atomic E-state index is 12.0. The van der Waals surface area contributed by atoms with Crippen LogP contribution < -0.4 is 10.6 Å². The fraction of sp³-hybridized carbons (Fsp3) is 0.308. The average molecular weight is 297 g/mol. The van der Waals surface area contributed by atoms with Gasteiger partial charge >= 0.3 is 5.97 Å². The number of rotatable bonds is 4. The molecule has 0 saturated carbocycles. The molecule has 0 spiro atoms. The Kier molecular flexibility index (Phi) is 4.24. The summed E-state index contributed by atoms with van der Waals surface area (Å²) >= 11 is 5.95. The molecular weight excluding hydrogens is 284 g/mol. The molecule has 3 N–H and O–H groups in total. The Labute approximate surface area is 120 Å². The lowest BCUT2D eigenvalue weighted by atomic mass is 10.0. The van der Waals surface area contributed by atoms with Gasteiger partial charge in [-0.1, -0.05) is 29.8 Å². The number of carbonyl (C=O) groups excluding carboxylic acids is 2. The van der Waals surface area contributed by atoms with Gasteiger partial charge in [0.2, 0.25) is 11.8 Å². The minimum absolute atomic E-state index is 0.0701. The summed E-state index contributed by atoms with van der Waals surface area (Å²) in [6.07, 6.45) is 0.0701. The molecule has 0 bridgehead atoms. The van der Waals surface area contributed by atoms with Crippen LogP contribution in [0.4, 0.5) is 0 Å². The van der Waals surface area contributed by atoms with Gasteiger partial charge in [0, 0.05) is 23.6 Å². The van der Waals surface area contributed by atoms with E-state index in [4.69, 9.17) is 11.6 Å². The molecule has 1 heterocycles. The number of carboxylic acids is 1. The number of benzene rings is 1. The lowest BCUT2D eigenvalue weighted by Gasteiger charge is -2.18. The number of halogens is 1. The predicted molar refractivity (Wildman–Crippen MR) is 71.1 cm³/mol. The lowest BCUT2D eigenvalue weighted by molar-refractivity contribution is -0.142. The Balaban J connectivity index is 2.14. The van der Waals surface area contributed by atoms with Crippen molar-refractivity contribution in [3.8, 4) is 0 Å². The van der Waals surface area contributed by atoms with Crippen molar-refractivity contribution in [3.05, 3.63) is 34.9 Å². The lowest BCUT2D eigenvalue weighted by Crippen LogP contribution is -2.38. The summed E-state index contributed by atoms with van der Waals surface area (Å²) in [6, 6.07) is 5.18. The largest absolute Gasteiger partial charge is 0.479 e. The normalized spacial score (nSPS) is 19.2. The molecule has 0 aromatic heterocycles. The van der Waals surface area contributed by atoms with E-state index in [0.29, 0.717) is 5.56 Å². The van der Waals surface area contributed by atoms with Gasteiger partial charge in [-0.05, 0) is 6.07 Å². The van der Waals surface area contributed by atoms with E-state index in [-0.39, 0.29) is 23.9 Å². The quantitative estimate of drug-likeness (QED) is 0.763. The van der Waals surface area contributed by atoms with Crippen LogP contribution in [0.2, 0.25) is 5.02 Å². The van der Waals surface area contributed by atoms with Crippen molar-refractivity contribution in [1.82, 2.24) is 10.6 Å². The highest BCUT2D eigenvalue weighted by atomic mass is 35.5. The Hall–Kier alpha value is -2.08. The van der Waals surface area contributed by atoms with Gasteiger partial charge in [0.05, 0.1) is 5.92 Å². The number of carbonyl (C=O) groups is 3. The minimum Gasteiger partial charge on any atom is -0.479 e. The monoisotopic (exact) mass is 296 g/mol. The molecule has 1 saturated heterocycles. The average Bonchev–Trinajstić information content (AvgIpc) is 2.83. The SMILES string of the molecule is O=C1CC(C(=O)N[C@@H](C(=O)O)c2ccccc2Cl)CN1. The van der Waals surface area contributed by atoms with E-state index in [1.165, 1.54) is 0 Å². The number of amides is 2. The van der Waals surface area contributed by atoms with Crippen molar-refractivity contribution in [3.63, 3.8) is 0 Å². The van der Waals surface area contributed by atoms with Crippen molar-refractivity contribution in [2.24, 2.45) is 5.92 Å². The number of nitrogens with one attached hydrogen (secondary N) is 2. The second-order valence-corrected chi connectivity index (χ2v) is 4.91. The number of aliphatic carboxylic acids is 1. The van der Waals surface area contributed by atoms with Crippen LogP contribution in [-0.4, -0.2) is 29.4 Å². The zero-order valence-electron chi connectivity index (χ0n) is 10.4. The molecule has 1 unspecified atom stereocenters. The van der Waals surface area contributed by atoms with Crippen LogP contribution in [0.5, 0.6) is 0 Å². The Morgan fingerprint density at radius 2 is 2.10 bits per heavy atom. The first kappa shape index (κ1) is 14.3. The van der Waals surface area contributed by atoms with Crippen molar-refractivity contribution in [2.75, 3.05) is 6.54 Å². The van der Waals surface area contributed by atoms with E-state index in [1.54, 1.807) is 24.3 Å². The Morgan fingerprint density at radius 1 is 1.40 bits per heavy atom. The maximum atomic E-state index is 12.0. The summed E-state index contributed by atoms with van der Waals surface area (Å²) in [5.74, 6) is -2.44. The third-order valence-corrected chi connectivity index (χ3v) is 3.44. The summed E-state index contributed by atoms with van der Waals surface area (Å²) in [4.78, 5) is 34.4. The molecule has 2 atom stereocenters. The van der Waals surface area contributed by atoms with Crippen molar-refractivity contribution < 1.29 is 19.5 Å². The van der Waals surface area contributed by atoms with Gasteiger partial charge < -0.3 is 15.7 Å². The standard InChI is InChI=1S/C13H13ClN2O4/c14-9-4-2-1-3-8(9)11(13(19)20)16-12(18)7-5-10(17)15-6-7/h1-4,7,11H,5-6H2,(H,15,17)(H,16,18)(H,19,20)/t7?,11-/m1/s1. The third kappa shape index (κ3) is 3.08. The van der Waals surface area contributed by atoms with E-state index >= 15 is 0 Å². The molecule has 106 valence electrons. The van der Waals surface area contributed by atoms with E-state index < -0.39 is 23.8 Å². The van der Waals surface area contributed by atoms with Crippen molar-refractivity contribution >= 4 is 29.4 Å². The molecule has 1 aromatic carbocycles. The molecule has 1 aromatic rings. The van der Waals surface area contributed by atoms with Crippen LogP contribution in [0.25, 0.3) is 0 Å². The second kappa shape index (κ2) is 5.92. The van der Waals surface area contributed by atoms with Gasteiger partial charge in [-0.2, -0.15) is 0 Å². The topological polar surface area (TPSA) is 95.5 Å². The zero-order chi connectivity index (χ0) is 14.7. The van der Waals surface area contributed by atoms with Crippen LogP contribution in [0.3, 0.4) is 0 Å². The molecule has 7 heteroatoms. The van der Waals surface area contributed by atoms with Gasteiger partial charge in [-0.25, -0.2) is 4.79 Å². The molecule has 0 radical (unpaired) electrons. The highest BCUT2D eigenvalue weighted by molar-refractivity contribution is 6.31. The van der Waals surface area contributed by atoms with Gasteiger partial charge in [0.1, 0.15) is 0 Å². The molecule has 2 rings (SSSR count). The van der Waals surface area contributed by atoms with Gasteiger partial charge in [0.25, 0.3) is 0 Å². The van der Waals surface area contributed by atoms with E-state index in [1.807, 2.05) is 0 Å². The van der Waals surface area contributed by atoms with Gasteiger partial charge in [0.15, 0.2) is 6.04 Å². The van der Waals surface area contributed by atoms with E-state index in [0.717, 1.165) is 0 Å². The van der Waals surface area contributed by atoms with E-state index in [2.05, 4.69) is 10.6 Å². The van der Waals surface area contributed by atoms with E-state index in [9.17, 15) is 19.5 Å². The van der Waals surface area contributed by atoms with Gasteiger partial charge in [-0.3, -0.25) is 9.59 Å². The summed E-state index contributed by atoms with van der Waals surface area (Å²) in [5.41, 5.74) is 0.312. The molecule has 20 heavy (non-hydrogen) atoms. The molecule has 1 aliphatic rings. The van der Waals surface area contributed by atoms with Crippen LogP contribution >= 0.6 is 11.6 Å². The fourth-order valence-corrected chi connectivity index (χ4v) is 2.28. The Bertz CT molecular complexity index is 561. The predicted octanol–water partition coefficient (Wildman–Crippen LogP) is 0.718. The maximum Gasteiger partial charge on any atom is 0.330 e. The summed E-state index contributed by atoms with van der Waals surface area (Å²) in [5, 5.41) is 14.5. The first-order valence-electron chi connectivity index (χ1n) is 6.03. The molecule has 0 aliphatic carbocycles. The van der Waals surface area contributed by atoms with Crippen LogP contribution in [0.1, 0.15) is 18.0 Å². The number of hydrogen-bond donors (Lipinski definition) is 3. The molecule has 6 nitrogen and oxygen atoms in total. The van der Waals surface area contributed by atoms with Crippen molar-refractivity contribution in [2.45, 2.75) is 12.5 Å². The minimum atomic E-state index is -1.23. The smallest absolute Gasteiger partial charge is 0.330 e. The Morgan fingerprint density at radius 3 is 2.65 bits per heavy atom. The van der Waals surface area contributed by atoms with Crippen LogP contribution in [-0.2, 0) is 14.4 Å². The first-order chi connectivity index (χ1) is 9.49. The molecular formula is C13H13ClN2O4. The highest BCUT2D eigenvalue weighted by Gasteiger charge is 2.32. The molecule has 1 aliphatic heterocycles. The summed E-state index contributed by atoms with van der Waals surface area (Å²) < 4.78 is 0.